The van der Waals surface area contributed by atoms with E-state index in [1.165, 1.54) is 43.0 Å². The summed E-state index contributed by atoms with van der Waals surface area (Å²) in [7, 11) is 0.952. The molecule has 0 N–H and O–H groups in total. The van der Waals surface area contributed by atoms with Gasteiger partial charge in [0.25, 0.3) is 0 Å². The highest BCUT2D eigenvalue weighted by molar-refractivity contribution is 7.80. The number of hydrogen-bond donors (Lipinski definition) is 0. The molecule has 7 aromatic carbocycles. The van der Waals surface area contributed by atoms with Crippen LogP contribution in [0.2, 0.25) is 0 Å². The molecule has 0 fully saturated rings. The van der Waals surface area contributed by atoms with E-state index in [0.717, 1.165) is 22.4 Å². The van der Waals surface area contributed by atoms with Crippen molar-refractivity contribution in [3.05, 3.63) is 158 Å². The smallest absolute Gasteiger partial charge is 0.135 e. The van der Waals surface area contributed by atoms with E-state index >= 15 is 0 Å². The zero-order valence-electron chi connectivity index (χ0n) is 22.9. The molecular formula is C39H29OP. The maximum absolute atomic E-state index is 6.40. The summed E-state index contributed by atoms with van der Waals surface area (Å²) in [5.41, 5.74) is 4.64. The summed E-state index contributed by atoms with van der Waals surface area (Å²) in [5.74, 6) is 0.906. The van der Waals surface area contributed by atoms with Crippen molar-refractivity contribution >= 4 is 45.4 Å². The van der Waals surface area contributed by atoms with Crippen LogP contribution in [0.4, 0.5) is 0 Å². The largest absolute Gasteiger partial charge is 0.495 e. The number of hydrogen-bond acceptors (Lipinski definition) is 1. The molecule has 0 atom stereocenters. The zero-order valence-corrected chi connectivity index (χ0v) is 23.8. The molecular weight excluding hydrogens is 515 g/mol. The Hall–Kier alpha value is -4.71. The van der Waals surface area contributed by atoms with Gasteiger partial charge in [0.15, 0.2) is 0 Å². The van der Waals surface area contributed by atoms with Gasteiger partial charge in [-0.25, -0.2) is 0 Å². The van der Waals surface area contributed by atoms with Crippen LogP contribution in [0, 0.1) is 0 Å². The predicted molar refractivity (Wildman–Crippen MR) is 178 cm³/mol. The fourth-order valence-electron chi connectivity index (χ4n) is 5.91. The second kappa shape index (κ2) is 11.0. The van der Waals surface area contributed by atoms with Crippen molar-refractivity contribution in [1.82, 2.24) is 0 Å². The molecule has 196 valence electrons. The van der Waals surface area contributed by atoms with Crippen molar-refractivity contribution in [2.45, 2.75) is 0 Å². The molecule has 0 spiro atoms. The van der Waals surface area contributed by atoms with Gasteiger partial charge in [0, 0.05) is 16.7 Å². The molecule has 0 saturated carbocycles. The molecule has 0 saturated heterocycles. The Morgan fingerprint density at radius 3 is 1.59 bits per heavy atom. The zero-order chi connectivity index (χ0) is 27.6. The highest BCUT2D eigenvalue weighted by atomic mass is 31.1. The second-order valence-corrected chi connectivity index (χ2v) is 12.3. The van der Waals surface area contributed by atoms with Gasteiger partial charge in [-0.15, -0.1) is 0 Å². The summed E-state index contributed by atoms with van der Waals surface area (Å²) in [6, 6.07) is 56.9. The van der Waals surface area contributed by atoms with Crippen LogP contribution >= 0.6 is 7.92 Å². The minimum atomic E-state index is -0.856. The molecule has 0 aliphatic heterocycles. The fourth-order valence-corrected chi connectivity index (χ4v) is 8.39. The van der Waals surface area contributed by atoms with Gasteiger partial charge in [-0.1, -0.05) is 152 Å². The van der Waals surface area contributed by atoms with Crippen molar-refractivity contribution in [2.75, 3.05) is 7.11 Å². The molecule has 41 heavy (non-hydrogen) atoms. The highest BCUT2D eigenvalue weighted by Gasteiger charge is 2.26. The van der Waals surface area contributed by atoms with E-state index in [-0.39, 0.29) is 0 Å². The maximum atomic E-state index is 6.40. The molecule has 0 amide bonds. The molecule has 0 heterocycles. The van der Waals surface area contributed by atoms with E-state index in [2.05, 4.69) is 158 Å². The molecule has 1 nitrogen and oxygen atoms in total. The Balaban J connectivity index is 1.65. The van der Waals surface area contributed by atoms with Crippen LogP contribution in [0.15, 0.2) is 158 Å². The van der Waals surface area contributed by atoms with Crippen LogP contribution < -0.4 is 20.7 Å². The number of rotatable bonds is 6. The van der Waals surface area contributed by atoms with Crippen LogP contribution in [0.3, 0.4) is 0 Å². The van der Waals surface area contributed by atoms with E-state index in [1.54, 1.807) is 0 Å². The molecule has 7 aromatic rings. The van der Waals surface area contributed by atoms with E-state index in [9.17, 15) is 0 Å². The number of methoxy groups -OCH3 is 1. The van der Waals surface area contributed by atoms with Crippen molar-refractivity contribution in [3.8, 4) is 28.0 Å². The second-order valence-electron chi connectivity index (χ2n) is 10.1. The molecule has 0 radical (unpaired) electrons. The lowest BCUT2D eigenvalue weighted by Gasteiger charge is -2.26. The van der Waals surface area contributed by atoms with Gasteiger partial charge in [0.05, 0.1) is 7.11 Å². The van der Waals surface area contributed by atoms with Gasteiger partial charge in [-0.05, 0) is 57.0 Å². The Morgan fingerprint density at radius 1 is 0.463 bits per heavy atom. The molecule has 2 heteroatoms. The first-order chi connectivity index (χ1) is 20.3. The lowest BCUT2D eigenvalue weighted by molar-refractivity contribution is 0.418. The van der Waals surface area contributed by atoms with Gasteiger partial charge < -0.3 is 4.74 Å². The normalized spacial score (nSPS) is 11.3. The van der Waals surface area contributed by atoms with Gasteiger partial charge in [0.1, 0.15) is 5.75 Å². The minimum absolute atomic E-state index is 0.856. The summed E-state index contributed by atoms with van der Waals surface area (Å²) in [5, 5.41) is 8.82. The van der Waals surface area contributed by atoms with Gasteiger partial charge >= 0.3 is 0 Å². The van der Waals surface area contributed by atoms with Crippen molar-refractivity contribution < 1.29 is 4.74 Å². The Bertz CT molecular complexity index is 1930. The van der Waals surface area contributed by atoms with Crippen LogP contribution in [0.5, 0.6) is 5.75 Å². The lowest BCUT2D eigenvalue weighted by Crippen LogP contribution is -2.22. The molecule has 0 bridgehead atoms. The molecule has 0 aliphatic rings. The van der Waals surface area contributed by atoms with Crippen molar-refractivity contribution in [2.24, 2.45) is 0 Å². The Morgan fingerprint density at radius 2 is 0.976 bits per heavy atom. The standard InChI is InChI=1S/C39H29OP/c1-40-39-35(28-15-5-2-6-16-28)27-30-18-12-14-24-34(30)38(39)37-33-23-13-11-17-29(33)25-26-36(37)41(31-19-7-3-8-20-31)32-21-9-4-10-22-32/h2-27H,1H3. The lowest BCUT2D eigenvalue weighted by atomic mass is 9.89. The number of fused-ring (bicyclic) bond motifs is 2. The quantitative estimate of drug-likeness (QED) is 0.190. The van der Waals surface area contributed by atoms with Gasteiger partial charge in [-0.3, -0.25) is 0 Å². The average Bonchev–Trinajstić information content (AvgIpc) is 3.05. The van der Waals surface area contributed by atoms with Gasteiger partial charge in [0.2, 0.25) is 0 Å². The first-order valence-corrected chi connectivity index (χ1v) is 15.2. The Kier molecular flexibility index (Phi) is 6.81. The van der Waals surface area contributed by atoms with Crippen LogP contribution in [-0.2, 0) is 0 Å². The first-order valence-electron chi connectivity index (χ1n) is 13.9. The van der Waals surface area contributed by atoms with E-state index in [0.29, 0.717) is 0 Å². The predicted octanol–water partition coefficient (Wildman–Crippen LogP) is 9.09. The van der Waals surface area contributed by atoms with E-state index in [1.807, 2.05) is 7.11 Å². The maximum Gasteiger partial charge on any atom is 0.135 e. The average molecular weight is 545 g/mol. The minimum Gasteiger partial charge on any atom is -0.495 e. The van der Waals surface area contributed by atoms with Crippen LogP contribution in [0.1, 0.15) is 0 Å². The van der Waals surface area contributed by atoms with E-state index < -0.39 is 7.92 Å². The molecule has 0 aliphatic carbocycles. The van der Waals surface area contributed by atoms with Crippen LogP contribution in [-0.4, -0.2) is 7.11 Å². The number of benzene rings is 7. The Labute approximate surface area is 242 Å². The molecule has 0 aromatic heterocycles. The first kappa shape index (κ1) is 25.3. The van der Waals surface area contributed by atoms with Crippen molar-refractivity contribution in [3.63, 3.8) is 0 Å². The number of ether oxygens (including phenoxy) is 1. The fraction of sp³-hybridized carbons (Fsp3) is 0.0256. The summed E-state index contributed by atoms with van der Waals surface area (Å²) in [6.07, 6.45) is 0. The molecule has 7 rings (SSSR count). The third-order valence-electron chi connectivity index (χ3n) is 7.72. The SMILES string of the molecule is COc1c(-c2ccccc2)cc2ccccc2c1-c1c(P(c2ccccc2)c2ccccc2)ccc2ccccc12. The topological polar surface area (TPSA) is 9.23 Å². The third-order valence-corrected chi connectivity index (χ3v) is 10.2. The van der Waals surface area contributed by atoms with E-state index in [4.69, 9.17) is 4.74 Å². The molecule has 0 unspecified atom stereocenters. The summed E-state index contributed by atoms with van der Waals surface area (Å²) < 4.78 is 6.40. The summed E-state index contributed by atoms with van der Waals surface area (Å²) >= 11 is 0. The monoisotopic (exact) mass is 544 g/mol. The van der Waals surface area contributed by atoms with Crippen LogP contribution in [0.25, 0.3) is 43.8 Å². The third kappa shape index (κ3) is 4.59. The summed E-state index contributed by atoms with van der Waals surface area (Å²) in [4.78, 5) is 0. The van der Waals surface area contributed by atoms with Gasteiger partial charge in [-0.2, -0.15) is 0 Å². The van der Waals surface area contributed by atoms with Crippen molar-refractivity contribution in [1.29, 1.82) is 0 Å². The summed E-state index contributed by atoms with van der Waals surface area (Å²) in [6.45, 7) is 0. The highest BCUT2D eigenvalue weighted by Crippen LogP contribution is 2.48.